The molecular formula is C86H126N6O42. The molecule has 2 unspecified atom stereocenters. The van der Waals surface area contributed by atoms with Crippen molar-refractivity contribution in [1.82, 2.24) is 26.2 Å². The lowest BCUT2D eigenvalue weighted by Crippen LogP contribution is -2.59. The number of hydrogen-bond acceptors (Lipinski definition) is 33. The van der Waals surface area contributed by atoms with Crippen molar-refractivity contribution in [3.05, 3.63) is 60.2 Å². The van der Waals surface area contributed by atoms with Gasteiger partial charge in [0.15, 0.2) is 0 Å². The summed E-state index contributed by atoms with van der Waals surface area (Å²) < 4.78 is 90.6. The number of carboxylic acids is 9. The quantitative estimate of drug-likeness (QED) is 0.0216. The molecular weight excluding hydrogens is 1790 g/mol. The average molecular weight is 1920 g/mol. The van der Waals surface area contributed by atoms with Crippen LogP contribution in [0, 0.1) is 11.3 Å². The lowest BCUT2D eigenvalue weighted by molar-refractivity contribution is -0.148. The highest BCUT2D eigenvalue weighted by Crippen LogP contribution is 2.30. The number of carbonyl (C=O) groups excluding carboxylic acids is 8. The van der Waals surface area contributed by atoms with Crippen molar-refractivity contribution in [2.24, 2.45) is 17.1 Å². The van der Waals surface area contributed by atoms with E-state index in [1.165, 1.54) is 0 Å². The maximum absolute atomic E-state index is 14.0. The maximum Gasteiger partial charge on any atom is 0.407 e. The van der Waals surface area contributed by atoms with Crippen molar-refractivity contribution < 1.29 is 203 Å². The summed E-state index contributed by atoms with van der Waals surface area (Å²) in [5, 5.41) is 97.6. The van der Waals surface area contributed by atoms with Crippen LogP contribution in [-0.4, -0.2) is 374 Å². The zero-order valence-electron chi connectivity index (χ0n) is 74.7. The molecule has 752 valence electrons. The Kier molecular flexibility index (Phi) is 60.0. The lowest BCUT2D eigenvalue weighted by atomic mass is 9.84. The first-order valence-electron chi connectivity index (χ1n) is 42.9. The fourth-order valence-electron chi connectivity index (χ4n) is 12.4. The number of benzene rings is 3. The summed E-state index contributed by atoms with van der Waals surface area (Å²) in [6.07, 6.45) is -7.14. The number of ether oxygens (including phenoxy) is 16. The summed E-state index contributed by atoms with van der Waals surface area (Å²) in [5.41, 5.74) is 1.33. The van der Waals surface area contributed by atoms with Gasteiger partial charge in [0.2, 0.25) is 29.5 Å². The maximum atomic E-state index is 14.0. The molecule has 0 saturated heterocycles. The molecule has 0 spiro atoms. The second-order valence-electron chi connectivity index (χ2n) is 30.9. The number of alkyl carbamates (subject to hydrolysis) is 1. The van der Waals surface area contributed by atoms with E-state index in [2.05, 4.69) is 21.3 Å². The Morgan fingerprint density at radius 2 is 0.709 bits per heavy atom. The van der Waals surface area contributed by atoms with Crippen LogP contribution in [0.25, 0.3) is 21.5 Å². The van der Waals surface area contributed by atoms with Gasteiger partial charge in [0.25, 0.3) is 0 Å². The van der Waals surface area contributed by atoms with Gasteiger partial charge in [-0.15, -0.1) is 0 Å². The zero-order valence-corrected chi connectivity index (χ0v) is 74.7. The monoisotopic (exact) mass is 1910 g/mol. The van der Waals surface area contributed by atoms with Gasteiger partial charge in [0.05, 0.1) is 249 Å². The minimum atomic E-state index is -1.73. The van der Waals surface area contributed by atoms with Gasteiger partial charge in [0, 0.05) is 68.4 Å². The number of hydrogen-bond donors (Lipinski definition) is 14. The van der Waals surface area contributed by atoms with Crippen molar-refractivity contribution >= 4 is 122 Å². The Bertz CT molecular complexity index is 3970. The molecule has 0 fully saturated rings. The molecule has 0 radical (unpaired) electrons. The van der Waals surface area contributed by atoms with E-state index in [9.17, 15) is 127 Å². The number of carboxylic acid groups (broad SMARTS) is 9. The first-order valence-corrected chi connectivity index (χ1v) is 42.9. The molecule has 0 saturated carbocycles. The van der Waals surface area contributed by atoms with Crippen molar-refractivity contribution in [2.45, 2.75) is 139 Å². The van der Waals surface area contributed by atoms with Crippen LogP contribution >= 0.6 is 0 Å². The van der Waals surface area contributed by atoms with Crippen LogP contribution in [0.1, 0.15) is 121 Å². The van der Waals surface area contributed by atoms with Crippen molar-refractivity contribution in [2.75, 3.05) is 205 Å². The summed E-state index contributed by atoms with van der Waals surface area (Å²) in [5.74, 6) is -16.3. The molecule has 15 N–H and O–H groups in total. The van der Waals surface area contributed by atoms with Crippen molar-refractivity contribution in [3.8, 4) is 0 Å². The van der Waals surface area contributed by atoms with E-state index < -0.39 is 267 Å². The topological polar surface area (TPSA) is 697 Å². The number of aliphatic carboxylic acids is 9. The van der Waals surface area contributed by atoms with Crippen LogP contribution in [-0.2, 0) is 159 Å². The third-order valence-electron chi connectivity index (χ3n) is 18.9. The SMILES string of the molecule is NC(=O)CCOCN(COCCC(=O)NC(COCCC(=O)O)(COCCC(=O)O)COCCC(=O)O)C(=O)CCOCC(COCCC(=O)NC(COCCC(=O)CC(COCCC(=O)O)(COCCC(=O)O)COCCC(=O)O)COCCC(=O)NC(COCCC(=O)O)(COCCC(=O)O)COCC(=O)O)CC(=O)CCCNC(=O)OCc1c2ccccc2cc2ccccc12. The number of primary amides is 1. The average Bonchev–Trinajstić information content (AvgIpc) is 0.775. The number of Topliss-reactive ketones (excluding diaryl/α,β-unsaturated/α-hetero) is 2. The molecule has 3 rings (SSSR count). The normalized spacial score (nSPS) is 12.0. The number of amides is 6. The Labute approximate surface area is 770 Å². The fourth-order valence-corrected chi connectivity index (χ4v) is 12.4. The van der Waals surface area contributed by atoms with Crippen molar-refractivity contribution in [1.29, 1.82) is 0 Å². The van der Waals surface area contributed by atoms with E-state index in [4.69, 9.17) is 81.5 Å². The zero-order chi connectivity index (χ0) is 98.8. The van der Waals surface area contributed by atoms with Crippen LogP contribution in [0.5, 0.6) is 0 Å². The Balaban J connectivity index is 1.91. The summed E-state index contributed by atoms with van der Waals surface area (Å²) in [6, 6.07) is 16.2. The van der Waals surface area contributed by atoms with Gasteiger partial charge in [-0.25, -0.2) is 9.59 Å². The molecule has 2 atom stereocenters. The van der Waals surface area contributed by atoms with Crippen LogP contribution in [0.15, 0.2) is 54.6 Å². The molecule has 0 aliphatic carbocycles. The first-order chi connectivity index (χ1) is 64.0. The Hall–Kier alpha value is -11.2. The highest BCUT2D eigenvalue weighted by Gasteiger charge is 2.38. The number of nitrogens with one attached hydrogen (secondary N) is 4. The smallest absolute Gasteiger partial charge is 0.407 e. The molecule has 134 heavy (non-hydrogen) atoms. The van der Waals surface area contributed by atoms with E-state index in [1.54, 1.807) is 0 Å². The molecule has 3 aromatic rings. The van der Waals surface area contributed by atoms with Crippen LogP contribution in [0.2, 0.25) is 0 Å². The standard InChI is InChI=1S/C86H126N6O42/c87-69(95)12-27-131-58-92(59-132-30-15-72(98)90-85(52-126-35-20-77(106)107,53-127-36-21-78(108)109)54-128-37-22-79(110)111)73(99)16-31-120-44-60(40-64(93)8-5-25-88-83(118)134-47-68-66-9-3-1-6-61(66)41-62-7-2-4-10-67(62)68)43-119-28-13-70(96)89-63(46-122-29-14-71(97)91-86(57-133-48-82(116)117,55-129-38-23-80(112)113)56-130-39-24-81(114)115)45-121-26-11-65(94)42-84(49-123-32-17-74(100)101,50-124-33-18-75(102)103)51-125-34-19-76(104)105/h1-4,6-7,9-10,41,60,63H,5,8,11-40,42-59H2,(H2,87,95)(H,88,118)(H,89,96)(H,90,98)(H,91,97)(H,100,101)(H,102,103)(H,104,105)(H,106,107)(H,108,109)(H,110,111)(H,112,113)(H,114,115)(H,116,117). The number of fused-ring (bicyclic) bond motifs is 2. The fraction of sp³-hybridized carbons (Fsp3) is 0.640. The predicted molar refractivity (Wildman–Crippen MR) is 459 cm³/mol. The highest BCUT2D eigenvalue weighted by molar-refractivity contribution is 6.02. The Morgan fingerprint density at radius 1 is 0.358 bits per heavy atom. The third kappa shape index (κ3) is 56.7. The number of nitrogens with zero attached hydrogens (tertiary/aromatic N) is 1. The second-order valence-corrected chi connectivity index (χ2v) is 30.9. The molecule has 3 aromatic carbocycles. The molecule has 0 aliphatic rings. The van der Waals surface area contributed by atoms with E-state index >= 15 is 0 Å². The summed E-state index contributed by atoms with van der Waals surface area (Å²) in [7, 11) is 0. The van der Waals surface area contributed by atoms with Crippen LogP contribution < -0.4 is 27.0 Å². The first kappa shape index (κ1) is 117. The van der Waals surface area contributed by atoms with Gasteiger partial charge < -0.3 is 149 Å². The van der Waals surface area contributed by atoms with E-state index in [-0.39, 0.29) is 189 Å². The summed E-state index contributed by atoms with van der Waals surface area (Å²) >= 11 is 0. The van der Waals surface area contributed by atoms with Gasteiger partial charge >= 0.3 is 59.8 Å². The van der Waals surface area contributed by atoms with Gasteiger partial charge in [-0.2, -0.15) is 0 Å². The molecule has 0 heterocycles. The van der Waals surface area contributed by atoms with Crippen LogP contribution in [0.3, 0.4) is 0 Å². The largest absolute Gasteiger partial charge is 0.481 e. The minimum Gasteiger partial charge on any atom is -0.481 e. The van der Waals surface area contributed by atoms with Gasteiger partial charge in [-0.05, 0) is 34.0 Å². The lowest BCUT2D eigenvalue weighted by Gasteiger charge is -2.34. The molecule has 6 amide bonds. The highest BCUT2D eigenvalue weighted by atomic mass is 16.6. The number of rotatable bonds is 87. The van der Waals surface area contributed by atoms with Gasteiger partial charge in [-0.1, -0.05) is 48.5 Å². The number of ketones is 2. The second kappa shape index (κ2) is 68.7. The molecule has 48 heteroatoms. The molecule has 0 aliphatic heterocycles. The van der Waals surface area contributed by atoms with E-state index in [1.807, 2.05) is 54.6 Å². The predicted octanol–water partition coefficient (Wildman–Crippen LogP) is 1.42. The van der Waals surface area contributed by atoms with Gasteiger partial charge in [-0.3, -0.25) is 76.8 Å². The third-order valence-corrected chi connectivity index (χ3v) is 18.9. The summed E-state index contributed by atoms with van der Waals surface area (Å²) in [6.45, 7) is -12.0. The Morgan fingerprint density at radius 3 is 1.11 bits per heavy atom. The van der Waals surface area contributed by atoms with Gasteiger partial charge in [0.1, 0.15) is 49.3 Å². The molecule has 48 nitrogen and oxygen atoms in total. The molecule has 0 bridgehead atoms. The number of carbonyl (C=O) groups is 17. The van der Waals surface area contributed by atoms with Crippen molar-refractivity contribution in [3.63, 3.8) is 0 Å². The molecule has 0 aromatic heterocycles. The van der Waals surface area contributed by atoms with E-state index in [0.29, 0.717) is 0 Å². The van der Waals surface area contributed by atoms with Crippen LogP contribution in [0.4, 0.5) is 4.79 Å². The number of nitrogens with two attached hydrogens (primary N) is 1. The summed E-state index contributed by atoms with van der Waals surface area (Å²) in [4.78, 5) is 211. The van der Waals surface area contributed by atoms with E-state index in [0.717, 1.165) is 32.0 Å². The minimum absolute atomic E-state index is 0.0175.